The number of aromatic nitrogens is 1. The lowest BCUT2D eigenvalue weighted by molar-refractivity contribution is 0.0879. The Kier molecular flexibility index (Phi) is 5.35. The molecule has 0 aromatic carbocycles. The van der Waals surface area contributed by atoms with Gasteiger partial charge in [-0.2, -0.15) is 0 Å². The van der Waals surface area contributed by atoms with Gasteiger partial charge in [-0.05, 0) is 68.9 Å². The Bertz CT molecular complexity index is 629. The van der Waals surface area contributed by atoms with Crippen molar-refractivity contribution in [3.63, 3.8) is 0 Å². The van der Waals surface area contributed by atoms with E-state index in [-0.39, 0.29) is 17.4 Å². The lowest BCUT2D eigenvalue weighted by Crippen LogP contribution is -2.39. The molecule has 0 unspecified atom stereocenters. The second-order valence-electron chi connectivity index (χ2n) is 8.34. The third-order valence-corrected chi connectivity index (χ3v) is 6.29. The lowest BCUT2D eigenvalue weighted by Gasteiger charge is -2.34. The van der Waals surface area contributed by atoms with Crippen LogP contribution in [0.2, 0.25) is 0 Å². The average Bonchev–Trinajstić information content (AvgIpc) is 2.98. The quantitative estimate of drug-likeness (QED) is 0.822. The van der Waals surface area contributed by atoms with Crippen LogP contribution in [0.15, 0.2) is 6.07 Å². The normalized spacial score (nSPS) is 19.7. The summed E-state index contributed by atoms with van der Waals surface area (Å²) >= 11 is 0. The summed E-state index contributed by atoms with van der Waals surface area (Å²) in [6.07, 6.45) is 8.51. The maximum absolute atomic E-state index is 13.0. The van der Waals surface area contributed by atoms with Crippen molar-refractivity contribution in [2.75, 3.05) is 6.54 Å². The number of hydrogen-bond donors (Lipinski definition) is 1. The fraction of sp³-hybridized carbons (Fsp3) is 0.714. The minimum absolute atomic E-state index is 0.0359. The van der Waals surface area contributed by atoms with Crippen LogP contribution in [-0.2, 0) is 0 Å². The number of carbonyl (C=O) groups is 1. The van der Waals surface area contributed by atoms with Crippen LogP contribution in [0.3, 0.4) is 0 Å². The van der Waals surface area contributed by atoms with E-state index in [9.17, 15) is 4.79 Å². The number of nitrogens with one attached hydrogen (secondary N) is 1. The Morgan fingerprint density at radius 3 is 2.52 bits per heavy atom. The molecule has 1 heterocycles. The standard InChI is InChI=1S/C21H32N2O2/c1-14(2)21(10-5-6-11-21)13-22-19(24)18-15(3)12-16(4)23-20(18)25-17-8-7-9-17/h12,14,17H,5-11,13H2,1-4H3,(H,22,24). The van der Waals surface area contributed by atoms with Crippen molar-refractivity contribution in [2.45, 2.75) is 78.7 Å². The van der Waals surface area contributed by atoms with Crippen LogP contribution in [0, 0.1) is 25.2 Å². The van der Waals surface area contributed by atoms with E-state index in [2.05, 4.69) is 24.1 Å². The number of rotatable bonds is 6. The van der Waals surface area contributed by atoms with Crippen molar-refractivity contribution < 1.29 is 9.53 Å². The van der Waals surface area contributed by atoms with Crippen molar-refractivity contribution in [3.05, 3.63) is 22.9 Å². The maximum Gasteiger partial charge on any atom is 0.257 e. The highest BCUT2D eigenvalue weighted by Gasteiger charge is 2.37. The minimum atomic E-state index is -0.0359. The molecule has 1 aromatic rings. The van der Waals surface area contributed by atoms with Gasteiger partial charge in [-0.1, -0.05) is 26.7 Å². The first-order valence-corrected chi connectivity index (χ1v) is 9.84. The van der Waals surface area contributed by atoms with Gasteiger partial charge in [0.1, 0.15) is 11.7 Å². The summed E-state index contributed by atoms with van der Waals surface area (Å²) in [5, 5.41) is 3.21. The molecule has 0 radical (unpaired) electrons. The van der Waals surface area contributed by atoms with Crippen LogP contribution in [0.1, 0.15) is 80.4 Å². The third-order valence-electron chi connectivity index (χ3n) is 6.29. The predicted octanol–water partition coefficient (Wildman–Crippen LogP) is 4.58. The predicted molar refractivity (Wildman–Crippen MR) is 100 cm³/mol. The number of carbonyl (C=O) groups excluding carboxylic acids is 1. The molecule has 4 heteroatoms. The third kappa shape index (κ3) is 3.83. The number of hydrogen-bond acceptors (Lipinski definition) is 3. The molecule has 2 aliphatic rings. The number of nitrogens with zero attached hydrogens (tertiary/aromatic N) is 1. The van der Waals surface area contributed by atoms with Gasteiger partial charge < -0.3 is 10.1 Å². The van der Waals surface area contributed by atoms with E-state index in [0.29, 0.717) is 17.4 Å². The molecule has 0 spiro atoms. The lowest BCUT2D eigenvalue weighted by atomic mass is 9.75. The van der Waals surface area contributed by atoms with E-state index in [1.165, 1.54) is 32.1 Å². The van der Waals surface area contributed by atoms with Crippen molar-refractivity contribution >= 4 is 5.91 Å². The molecule has 1 aromatic heterocycles. The van der Waals surface area contributed by atoms with Crippen LogP contribution in [-0.4, -0.2) is 23.5 Å². The minimum Gasteiger partial charge on any atom is -0.474 e. The molecular formula is C21H32N2O2. The number of aryl methyl sites for hydroxylation is 2. The van der Waals surface area contributed by atoms with Crippen LogP contribution >= 0.6 is 0 Å². The van der Waals surface area contributed by atoms with Gasteiger partial charge in [-0.3, -0.25) is 4.79 Å². The molecule has 1 amide bonds. The zero-order valence-corrected chi connectivity index (χ0v) is 16.2. The van der Waals surface area contributed by atoms with Gasteiger partial charge in [0, 0.05) is 12.2 Å². The maximum atomic E-state index is 13.0. The Morgan fingerprint density at radius 1 is 1.28 bits per heavy atom. The second-order valence-corrected chi connectivity index (χ2v) is 8.34. The van der Waals surface area contributed by atoms with Gasteiger partial charge >= 0.3 is 0 Å². The molecule has 4 nitrogen and oxygen atoms in total. The Hall–Kier alpha value is -1.58. The molecular weight excluding hydrogens is 312 g/mol. The summed E-state index contributed by atoms with van der Waals surface area (Å²) in [5.41, 5.74) is 2.72. The van der Waals surface area contributed by atoms with Gasteiger partial charge in [0.15, 0.2) is 0 Å². The molecule has 25 heavy (non-hydrogen) atoms. The van der Waals surface area contributed by atoms with Crippen molar-refractivity contribution in [2.24, 2.45) is 11.3 Å². The molecule has 0 aliphatic heterocycles. The zero-order chi connectivity index (χ0) is 18.0. The smallest absolute Gasteiger partial charge is 0.257 e. The summed E-state index contributed by atoms with van der Waals surface area (Å²) < 4.78 is 6.04. The fourth-order valence-electron chi connectivity index (χ4n) is 4.19. The SMILES string of the molecule is Cc1cc(C)c(C(=O)NCC2(C(C)C)CCCC2)c(OC2CCC2)n1. The van der Waals surface area contributed by atoms with Crippen molar-refractivity contribution in [1.29, 1.82) is 0 Å². The summed E-state index contributed by atoms with van der Waals surface area (Å²) in [7, 11) is 0. The molecule has 1 N–H and O–H groups in total. The van der Waals surface area contributed by atoms with Crippen LogP contribution in [0.25, 0.3) is 0 Å². The Labute approximate surface area is 151 Å². The van der Waals surface area contributed by atoms with Gasteiger partial charge in [0.2, 0.25) is 5.88 Å². The van der Waals surface area contributed by atoms with Gasteiger partial charge in [-0.15, -0.1) is 0 Å². The largest absolute Gasteiger partial charge is 0.474 e. The molecule has 2 fully saturated rings. The van der Waals surface area contributed by atoms with Crippen LogP contribution < -0.4 is 10.1 Å². The molecule has 3 rings (SSSR count). The highest BCUT2D eigenvalue weighted by atomic mass is 16.5. The molecule has 2 saturated carbocycles. The molecule has 2 aliphatic carbocycles. The summed E-state index contributed by atoms with van der Waals surface area (Å²) in [6.45, 7) is 9.24. The number of amides is 1. The van der Waals surface area contributed by atoms with E-state index in [4.69, 9.17) is 4.74 Å². The van der Waals surface area contributed by atoms with E-state index < -0.39 is 0 Å². The molecule has 138 valence electrons. The van der Waals surface area contributed by atoms with E-state index >= 15 is 0 Å². The summed E-state index contributed by atoms with van der Waals surface area (Å²) in [5.74, 6) is 1.06. The first kappa shape index (κ1) is 18.2. The molecule has 0 bridgehead atoms. The second kappa shape index (κ2) is 7.35. The first-order valence-electron chi connectivity index (χ1n) is 9.84. The van der Waals surface area contributed by atoms with Crippen molar-refractivity contribution in [3.8, 4) is 5.88 Å². The number of pyridine rings is 1. The highest BCUT2D eigenvalue weighted by molar-refractivity contribution is 5.97. The average molecular weight is 344 g/mol. The van der Waals surface area contributed by atoms with Crippen molar-refractivity contribution in [1.82, 2.24) is 10.3 Å². The highest BCUT2D eigenvalue weighted by Crippen LogP contribution is 2.43. The monoisotopic (exact) mass is 344 g/mol. The van der Waals surface area contributed by atoms with Crippen LogP contribution in [0.4, 0.5) is 0 Å². The fourth-order valence-corrected chi connectivity index (χ4v) is 4.19. The topological polar surface area (TPSA) is 51.2 Å². The van der Waals surface area contributed by atoms with E-state index in [0.717, 1.165) is 30.6 Å². The number of ether oxygens (including phenoxy) is 1. The summed E-state index contributed by atoms with van der Waals surface area (Å²) in [4.78, 5) is 17.5. The van der Waals surface area contributed by atoms with Gasteiger partial charge in [0.05, 0.1) is 0 Å². The van der Waals surface area contributed by atoms with E-state index in [1.807, 2.05) is 19.9 Å². The first-order chi connectivity index (χ1) is 11.9. The van der Waals surface area contributed by atoms with Gasteiger partial charge in [0.25, 0.3) is 5.91 Å². The summed E-state index contributed by atoms with van der Waals surface area (Å²) in [6, 6.07) is 1.97. The molecule has 0 saturated heterocycles. The Morgan fingerprint density at radius 2 is 1.96 bits per heavy atom. The van der Waals surface area contributed by atoms with E-state index in [1.54, 1.807) is 0 Å². The Balaban J connectivity index is 1.76. The zero-order valence-electron chi connectivity index (χ0n) is 16.2. The van der Waals surface area contributed by atoms with Gasteiger partial charge in [-0.25, -0.2) is 4.98 Å². The molecule has 0 atom stereocenters. The van der Waals surface area contributed by atoms with Crippen LogP contribution in [0.5, 0.6) is 5.88 Å².